The predicted molar refractivity (Wildman–Crippen MR) is 109 cm³/mol. The van der Waals surface area contributed by atoms with Crippen molar-refractivity contribution in [2.24, 2.45) is 5.41 Å². The van der Waals surface area contributed by atoms with Crippen LogP contribution in [0.2, 0.25) is 19.6 Å². The molecule has 0 aliphatic heterocycles. The highest BCUT2D eigenvalue weighted by molar-refractivity contribution is 6.77. The van der Waals surface area contributed by atoms with Gasteiger partial charge in [0.15, 0.2) is 0 Å². The molecule has 0 radical (unpaired) electrons. The maximum Gasteiger partial charge on any atom is 0.411 e. The number of rotatable bonds is 8. The van der Waals surface area contributed by atoms with Crippen molar-refractivity contribution >= 4 is 20.3 Å². The van der Waals surface area contributed by atoms with Crippen LogP contribution >= 0.6 is 0 Å². The molecule has 7 heteroatoms. The van der Waals surface area contributed by atoms with Crippen molar-refractivity contribution in [3.05, 3.63) is 12.3 Å². The van der Waals surface area contributed by atoms with Crippen LogP contribution in [0.25, 0.3) is 0 Å². The Kier molecular flexibility index (Phi) is 8.89. The molecule has 152 valence electrons. The summed E-state index contributed by atoms with van der Waals surface area (Å²) in [6.07, 6.45) is 0.0219. The maximum absolute atomic E-state index is 12.4. The molecule has 2 atom stereocenters. The fourth-order valence-electron chi connectivity index (χ4n) is 2.34. The summed E-state index contributed by atoms with van der Waals surface area (Å²) in [5.41, 5.74) is 0.416. The summed E-state index contributed by atoms with van der Waals surface area (Å²) in [5.74, 6) is 0. The lowest BCUT2D eigenvalue weighted by Gasteiger charge is -2.35. The largest absolute Gasteiger partial charge is 0.465 e. The van der Waals surface area contributed by atoms with Gasteiger partial charge in [-0.15, -0.1) is 0 Å². The number of allylic oxidation sites excluding steroid dienone is 1. The standard InChI is InChI=1S/C19H38N2O4Si/c1-14(2)21(17(22)23)16(11-12-19(4,5)6)13-20(7)18(24)25-15(3)26(8,9)10/h15-16H,1,11-13H2,2-10H3,(H,22,23)/t15-,16?/m0/s1. The molecule has 0 aromatic heterocycles. The van der Waals surface area contributed by atoms with Gasteiger partial charge in [0.25, 0.3) is 0 Å². The fraction of sp³-hybridized carbons (Fsp3) is 0.789. The van der Waals surface area contributed by atoms with E-state index in [0.717, 1.165) is 6.42 Å². The van der Waals surface area contributed by atoms with Gasteiger partial charge in [-0.2, -0.15) is 0 Å². The highest BCUT2D eigenvalue weighted by atomic mass is 28.3. The molecule has 0 heterocycles. The summed E-state index contributed by atoms with van der Waals surface area (Å²) < 4.78 is 5.58. The van der Waals surface area contributed by atoms with Crippen molar-refractivity contribution in [3.63, 3.8) is 0 Å². The van der Waals surface area contributed by atoms with Gasteiger partial charge in [0.2, 0.25) is 0 Å². The number of hydrogen-bond donors (Lipinski definition) is 1. The molecule has 0 aromatic carbocycles. The van der Waals surface area contributed by atoms with Crippen LogP contribution < -0.4 is 0 Å². The van der Waals surface area contributed by atoms with Gasteiger partial charge in [0.1, 0.15) is 0 Å². The van der Waals surface area contributed by atoms with E-state index in [0.29, 0.717) is 12.1 Å². The molecule has 1 unspecified atom stereocenters. The van der Waals surface area contributed by atoms with Gasteiger partial charge in [-0.1, -0.05) is 47.0 Å². The molecule has 0 rings (SSSR count). The minimum absolute atomic E-state index is 0.0723. The first kappa shape index (κ1) is 24.5. The molecule has 26 heavy (non-hydrogen) atoms. The van der Waals surface area contributed by atoms with E-state index in [2.05, 4.69) is 47.0 Å². The topological polar surface area (TPSA) is 70.1 Å². The van der Waals surface area contributed by atoms with Gasteiger partial charge in [-0.3, -0.25) is 4.90 Å². The Labute approximate surface area is 160 Å². The number of likely N-dealkylation sites (N-methyl/N-ethyl adjacent to an activating group) is 1. The van der Waals surface area contributed by atoms with E-state index in [1.165, 1.54) is 9.80 Å². The molecule has 0 fully saturated rings. The number of carbonyl (C=O) groups excluding carboxylic acids is 1. The van der Waals surface area contributed by atoms with Crippen molar-refractivity contribution in [3.8, 4) is 0 Å². The number of carbonyl (C=O) groups is 2. The van der Waals surface area contributed by atoms with E-state index in [9.17, 15) is 14.7 Å². The van der Waals surface area contributed by atoms with Gasteiger partial charge in [0, 0.05) is 19.3 Å². The van der Waals surface area contributed by atoms with Crippen LogP contribution in [0.4, 0.5) is 9.59 Å². The normalized spacial score (nSPS) is 14.3. The summed E-state index contributed by atoms with van der Waals surface area (Å²) in [4.78, 5) is 26.9. The third-order valence-electron chi connectivity index (χ3n) is 4.50. The fourth-order valence-corrected chi connectivity index (χ4v) is 2.80. The molecule has 0 bridgehead atoms. The Morgan fingerprint density at radius 1 is 1.23 bits per heavy atom. The summed E-state index contributed by atoms with van der Waals surface area (Å²) >= 11 is 0. The Bertz CT molecular complexity index is 495. The number of carboxylic acid groups (broad SMARTS) is 1. The lowest BCUT2D eigenvalue weighted by Crippen LogP contribution is -2.48. The van der Waals surface area contributed by atoms with E-state index in [-0.39, 0.29) is 23.7 Å². The third-order valence-corrected chi connectivity index (χ3v) is 7.06. The van der Waals surface area contributed by atoms with Crippen LogP contribution in [-0.2, 0) is 4.74 Å². The summed E-state index contributed by atoms with van der Waals surface area (Å²) in [6, 6.07) is -0.357. The molecule has 0 spiro atoms. The third kappa shape index (κ3) is 8.74. The molecule has 0 saturated carbocycles. The van der Waals surface area contributed by atoms with Crippen LogP contribution in [0.5, 0.6) is 0 Å². The lowest BCUT2D eigenvalue weighted by molar-refractivity contribution is 0.0840. The van der Waals surface area contributed by atoms with Crippen LogP contribution in [0.3, 0.4) is 0 Å². The van der Waals surface area contributed by atoms with E-state index >= 15 is 0 Å². The SMILES string of the molecule is C=C(C)N(C(=O)O)C(CCC(C)(C)C)CN(C)C(=O)O[C@H](C)[Si](C)(C)C. The molecule has 2 amide bonds. The lowest BCUT2D eigenvalue weighted by atomic mass is 9.88. The molecular weight excluding hydrogens is 348 g/mol. The van der Waals surface area contributed by atoms with Gasteiger partial charge in [0.05, 0.1) is 19.8 Å². The zero-order valence-electron chi connectivity index (χ0n) is 18.0. The van der Waals surface area contributed by atoms with Crippen LogP contribution in [0, 0.1) is 5.41 Å². The van der Waals surface area contributed by atoms with Crippen LogP contribution in [0.15, 0.2) is 12.3 Å². The monoisotopic (exact) mass is 386 g/mol. The molecule has 1 N–H and O–H groups in total. The molecule has 0 saturated heterocycles. The number of ether oxygens (including phenoxy) is 1. The molecule has 0 aliphatic carbocycles. The summed E-state index contributed by atoms with van der Waals surface area (Å²) in [6.45, 7) is 20.4. The van der Waals surface area contributed by atoms with E-state index < -0.39 is 20.3 Å². The number of nitrogens with zero attached hydrogens (tertiary/aromatic N) is 2. The van der Waals surface area contributed by atoms with Crippen molar-refractivity contribution in [2.45, 2.75) is 78.9 Å². The maximum atomic E-state index is 12.4. The second-order valence-electron chi connectivity index (χ2n) is 9.41. The van der Waals surface area contributed by atoms with Crippen LogP contribution in [-0.4, -0.2) is 60.5 Å². The molecule has 0 aliphatic rings. The molecule has 0 aromatic rings. The van der Waals surface area contributed by atoms with Gasteiger partial charge < -0.3 is 14.7 Å². The second kappa shape index (κ2) is 9.44. The smallest absolute Gasteiger partial charge is 0.411 e. The van der Waals surface area contributed by atoms with Gasteiger partial charge in [-0.05, 0) is 32.1 Å². The molecular formula is C19H38N2O4Si. The van der Waals surface area contributed by atoms with Crippen molar-refractivity contribution in [1.82, 2.24) is 9.80 Å². The molecule has 6 nitrogen and oxygen atoms in total. The Morgan fingerprint density at radius 2 is 1.73 bits per heavy atom. The zero-order valence-corrected chi connectivity index (χ0v) is 19.0. The first-order chi connectivity index (χ1) is 11.6. The first-order valence-electron chi connectivity index (χ1n) is 9.15. The van der Waals surface area contributed by atoms with Crippen LogP contribution in [0.1, 0.15) is 47.5 Å². The van der Waals surface area contributed by atoms with Crippen molar-refractivity contribution < 1.29 is 19.4 Å². The first-order valence-corrected chi connectivity index (χ1v) is 12.7. The summed E-state index contributed by atoms with van der Waals surface area (Å²) in [7, 11) is 0.0594. The van der Waals surface area contributed by atoms with Crippen molar-refractivity contribution in [2.75, 3.05) is 13.6 Å². The second-order valence-corrected chi connectivity index (χ2v) is 15.0. The van der Waals surface area contributed by atoms with Gasteiger partial charge in [-0.25, -0.2) is 9.59 Å². The average molecular weight is 387 g/mol. The Morgan fingerprint density at radius 3 is 2.08 bits per heavy atom. The van der Waals surface area contributed by atoms with Gasteiger partial charge >= 0.3 is 12.2 Å². The number of hydrogen-bond acceptors (Lipinski definition) is 3. The zero-order chi connectivity index (χ0) is 20.9. The average Bonchev–Trinajstić information content (AvgIpc) is 2.41. The number of amides is 2. The predicted octanol–water partition coefficient (Wildman–Crippen LogP) is 5.03. The Balaban J connectivity index is 5.23. The quantitative estimate of drug-likeness (QED) is 0.594. The Hall–Kier alpha value is -1.50. The van der Waals surface area contributed by atoms with E-state index in [4.69, 9.17) is 4.74 Å². The highest BCUT2D eigenvalue weighted by Gasteiger charge is 2.31. The highest BCUT2D eigenvalue weighted by Crippen LogP contribution is 2.25. The summed E-state index contributed by atoms with van der Waals surface area (Å²) in [5, 5.41) is 9.58. The van der Waals surface area contributed by atoms with E-state index in [1.807, 2.05) is 6.92 Å². The van der Waals surface area contributed by atoms with Crippen molar-refractivity contribution in [1.29, 1.82) is 0 Å². The minimum Gasteiger partial charge on any atom is -0.465 e. The minimum atomic E-state index is -1.60. The van der Waals surface area contributed by atoms with E-state index in [1.54, 1.807) is 14.0 Å².